The number of benzene rings is 2. The molecule has 0 saturated heterocycles. The Bertz CT molecular complexity index is 932. The van der Waals surface area contributed by atoms with Crippen LogP contribution >= 0.6 is 11.6 Å². The number of nitrogens with zero attached hydrogens (tertiary/aromatic N) is 1. The van der Waals surface area contributed by atoms with E-state index < -0.39 is 26.7 Å². The van der Waals surface area contributed by atoms with Gasteiger partial charge in [-0.15, -0.1) is 0 Å². The summed E-state index contributed by atoms with van der Waals surface area (Å²) in [6.07, 6.45) is -4.68. The SMILES string of the molecule is COc1ccc(CN(C)S(=O)(=O)c2cc(C(F)(F)F)ccc2Cl)cc1OC. The van der Waals surface area contributed by atoms with Crippen LogP contribution in [0.5, 0.6) is 11.5 Å². The average molecular weight is 424 g/mol. The number of sulfonamides is 1. The van der Waals surface area contributed by atoms with Crippen LogP contribution in [0.4, 0.5) is 13.2 Å². The third kappa shape index (κ3) is 4.66. The van der Waals surface area contributed by atoms with Crippen molar-refractivity contribution >= 4 is 21.6 Å². The molecule has 0 fully saturated rings. The predicted octanol–water partition coefficient (Wildman–Crippen LogP) is 4.20. The quantitative estimate of drug-likeness (QED) is 0.699. The molecule has 0 aromatic heterocycles. The van der Waals surface area contributed by atoms with Crippen molar-refractivity contribution in [1.82, 2.24) is 4.31 Å². The fourth-order valence-electron chi connectivity index (χ4n) is 2.37. The van der Waals surface area contributed by atoms with Gasteiger partial charge in [0.15, 0.2) is 11.5 Å². The van der Waals surface area contributed by atoms with Crippen molar-refractivity contribution in [2.75, 3.05) is 21.3 Å². The summed E-state index contributed by atoms with van der Waals surface area (Å²) in [5.41, 5.74) is -0.535. The van der Waals surface area contributed by atoms with Gasteiger partial charge in [0, 0.05) is 13.6 Å². The zero-order valence-electron chi connectivity index (χ0n) is 14.7. The third-order valence-electron chi connectivity index (χ3n) is 3.80. The first-order valence-electron chi connectivity index (χ1n) is 7.54. The van der Waals surface area contributed by atoms with Crippen LogP contribution in [0, 0.1) is 0 Å². The van der Waals surface area contributed by atoms with E-state index in [4.69, 9.17) is 21.1 Å². The second kappa shape index (κ2) is 7.95. The monoisotopic (exact) mass is 423 g/mol. The zero-order valence-corrected chi connectivity index (χ0v) is 16.2. The van der Waals surface area contributed by atoms with Gasteiger partial charge in [-0.3, -0.25) is 0 Å². The lowest BCUT2D eigenvalue weighted by atomic mass is 10.2. The fourth-order valence-corrected chi connectivity index (χ4v) is 4.02. The van der Waals surface area contributed by atoms with Gasteiger partial charge < -0.3 is 9.47 Å². The Morgan fingerprint density at radius 3 is 2.22 bits per heavy atom. The Balaban J connectivity index is 2.37. The number of ether oxygens (including phenoxy) is 2. The van der Waals surface area contributed by atoms with E-state index in [1.807, 2.05) is 0 Å². The van der Waals surface area contributed by atoms with Gasteiger partial charge in [-0.2, -0.15) is 17.5 Å². The highest BCUT2D eigenvalue weighted by molar-refractivity contribution is 7.89. The van der Waals surface area contributed by atoms with E-state index in [0.717, 1.165) is 16.4 Å². The van der Waals surface area contributed by atoms with Crippen molar-refractivity contribution in [3.63, 3.8) is 0 Å². The van der Waals surface area contributed by atoms with Crippen LogP contribution in [-0.4, -0.2) is 34.0 Å². The second-order valence-electron chi connectivity index (χ2n) is 5.59. The summed E-state index contributed by atoms with van der Waals surface area (Å²) >= 11 is 5.86. The lowest BCUT2D eigenvalue weighted by Gasteiger charge is -2.20. The van der Waals surface area contributed by atoms with Gasteiger partial charge in [-0.25, -0.2) is 8.42 Å². The van der Waals surface area contributed by atoms with Crippen molar-refractivity contribution in [1.29, 1.82) is 0 Å². The van der Waals surface area contributed by atoms with Gasteiger partial charge in [0.2, 0.25) is 10.0 Å². The van der Waals surface area contributed by atoms with E-state index in [0.29, 0.717) is 23.1 Å². The molecule has 5 nitrogen and oxygen atoms in total. The highest BCUT2D eigenvalue weighted by Gasteiger charge is 2.33. The maximum atomic E-state index is 12.9. The molecule has 0 atom stereocenters. The van der Waals surface area contributed by atoms with Gasteiger partial charge in [0.25, 0.3) is 0 Å². The lowest BCUT2D eigenvalue weighted by Crippen LogP contribution is -2.27. The molecule has 0 aliphatic heterocycles. The van der Waals surface area contributed by atoms with Crippen molar-refractivity contribution in [3.8, 4) is 11.5 Å². The molecule has 0 radical (unpaired) electrons. The maximum absolute atomic E-state index is 12.9. The topological polar surface area (TPSA) is 55.8 Å². The van der Waals surface area contributed by atoms with Crippen molar-refractivity contribution < 1.29 is 31.1 Å². The summed E-state index contributed by atoms with van der Waals surface area (Å²) in [6, 6.07) is 6.99. The first-order valence-corrected chi connectivity index (χ1v) is 9.36. The molecule has 0 spiro atoms. The summed E-state index contributed by atoms with van der Waals surface area (Å²) in [7, 11) is -0.107. The number of alkyl halides is 3. The summed E-state index contributed by atoms with van der Waals surface area (Å²) in [4.78, 5) is -0.609. The number of hydrogen-bond donors (Lipinski definition) is 0. The lowest BCUT2D eigenvalue weighted by molar-refractivity contribution is -0.137. The van der Waals surface area contributed by atoms with Crippen LogP contribution in [0.1, 0.15) is 11.1 Å². The van der Waals surface area contributed by atoms with E-state index >= 15 is 0 Å². The normalized spacial score (nSPS) is 12.3. The number of methoxy groups -OCH3 is 2. The van der Waals surface area contributed by atoms with Crippen molar-refractivity contribution in [3.05, 3.63) is 52.5 Å². The van der Waals surface area contributed by atoms with Gasteiger partial charge in [-0.05, 0) is 35.9 Å². The molecule has 10 heteroatoms. The minimum Gasteiger partial charge on any atom is -0.493 e. The molecule has 2 aromatic carbocycles. The molecule has 0 amide bonds. The first kappa shape index (κ1) is 21.3. The molecule has 0 heterocycles. The van der Waals surface area contributed by atoms with Gasteiger partial charge in [0.05, 0.1) is 24.8 Å². The molecule has 0 bridgehead atoms. The molecule has 0 aliphatic carbocycles. The minimum atomic E-state index is -4.68. The van der Waals surface area contributed by atoms with Crippen LogP contribution in [0.25, 0.3) is 0 Å². The molecule has 0 N–H and O–H groups in total. The zero-order chi connectivity index (χ0) is 20.4. The Labute approximate surface area is 160 Å². The molecular weight excluding hydrogens is 407 g/mol. The molecule has 148 valence electrons. The number of hydrogen-bond acceptors (Lipinski definition) is 4. The number of rotatable bonds is 6. The molecule has 2 aromatic rings. The van der Waals surface area contributed by atoms with Crippen molar-refractivity contribution in [2.24, 2.45) is 0 Å². The Morgan fingerprint density at radius 1 is 1.04 bits per heavy atom. The summed E-state index contributed by atoms with van der Waals surface area (Å²) in [6.45, 7) is -0.102. The molecule has 0 aliphatic rings. The molecule has 0 saturated carbocycles. The highest BCUT2D eigenvalue weighted by Crippen LogP contribution is 2.35. The molecule has 27 heavy (non-hydrogen) atoms. The van der Waals surface area contributed by atoms with E-state index in [1.54, 1.807) is 18.2 Å². The largest absolute Gasteiger partial charge is 0.493 e. The van der Waals surface area contributed by atoms with Gasteiger partial charge >= 0.3 is 6.18 Å². The molecule has 2 rings (SSSR count). The number of halogens is 4. The van der Waals surface area contributed by atoms with Crippen LogP contribution in [0.3, 0.4) is 0 Å². The van der Waals surface area contributed by atoms with Gasteiger partial charge in [-0.1, -0.05) is 17.7 Å². The smallest absolute Gasteiger partial charge is 0.416 e. The predicted molar refractivity (Wildman–Crippen MR) is 94.7 cm³/mol. The highest BCUT2D eigenvalue weighted by atomic mass is 35.5. The second-order valence-corrected chi connectivity index (χ2v) is 8.01. The van der Waals surface area contributed by atoms with Gasteiger partial charge in [0.1, 0.15) is 4.90 Å². The summed E-state index contributed by atoms with van der Waals surface area (Å²) < 4.78 is 75.4. The van der Waals surface area contributed by atoms with E-state index in [1.165, 1.54) is 21.3 Å². The summed E-state index contributed by atoms with van der Waals surface area (Å²) in [5.74, 6) is 0.866. The fraction of sp³-hybridized carbons (Fsp3) is 0.294. The molecular formula is C17H17ClF3NO4S. The van der Waals surface area contributed by atoms with Crippen LogP contribution in [-0.2, 0) is 22.7 Å². The third-order valence-corrected chi connectivity index (χ3v) is 6.08. The van der Waals surface area contributed by atoms with E-state index in [2.05, 4.69) is 0 Å². The van der Waals surface area contributed by atoms with Crippen LogP contribution < -0.4 is 9.47 Å². The van der Waals surface area contributed by atoms with Crippen LogP contribution in [0.2, 0.25) is 5.02 Å². The Kier molecular flexibility index (Phi) is 6.28. The Hall–Kier alpha value is -1.97. The average Bonchev–Trinajstić information content (AvgIpc) is 2.60. The molecule has 0 unspecified atom stereocenters. The minimum absolute atomic E-state index is 0.102. The standard InChI is InChI=1S/C17H17ClF3NO4S/c1-22(10-11-4-7-14(25-2)15(8-11)26-3)27(23,24)16-9-12(17(19,20)21)5-6-13(16)18/h4-9H,10H2,1-3H3. The summed E-state index contributed by atoms with van der Waals surface area (Å²) in [5, 5.41) is -0.290. The van der Waals surface area contributed by atoms with Crippen LogP contribution in [0.15, 0.2) is 41.3 Å². The van der Waals surface area contributed by atoms with E-state index in [-0.39, 0.29) is 11.6 Å². The van der Waals surface area contributed by atoms with Crippen molar-refractivity contribution in [2.45, 2.75) is 17.6 Å². The Morgan fingerprint density at radius 2 is 1.67 bits per heavy atom. The first-order chi connectivity index (χ1) is 12.5. The van der Waals surface area contributed by atoms with E-state index in [9.17, 15) is 21.6 Å². The maximum Gasteiger partial charge on any atom is 0.416 e.